The van der Waals surface area contributed by atoms with Gasteiger partial charge in [-0.15, -0.1) is 11.6 Å². The van der Waals surface area contributed by atoms with Gasteiger partial charge in [0.1, 0.15) is 12.5 Å². The summed E-state index contributed by atoms with van der Waals surface area (Å²) in [4.78, 5) is 27.6. The van der Waals surface area contributed by atoms with E-state index in [1.54, 1.807) is 9.80 Å². The van der Waals surface area contributed by atoms with E-state index >= 15 is 0 Å². The third-order valence-corrected chi connectivity index (χ3v) is 4.22. The highest BCUT2D eigenvalue weighted by Gasteiger charge is 2.34. The standard InChI is InChI=1S/C17H23ClN2O3/c1-13(2)20(15-8-9-19(11-15)16(21)10-18)17(22)23-12-14-6-4-3-5-7-14/h3-7,13,15H,8-12H2,1-2H3. The lowest BCUT2D eigenvalue weighted by molar-refractivity contribution is -0.127. The fourth-order valence-electron chi connectivity index (χ4n) is 2.86. The molecule has 2 rings (SSSR count). The van der Waals surface area contributed by atoms with Gasteiger partial charge >= 0.3 is 6.09 Å². The normalized spacial score (nSPS) is 17.4. The second-order valence-electron chi connectivity index (χ2n) is 5.96. The molecule has 6 heteroatoms. The molecule has 0 aromatic heterocycles. The summed E-state index contributed by atoms with van der Waals surface area (Å²) in [6.45, 7) is 5.31. The quantitative estimate of drug-likeness (QED) is 0.776. The summed E-state index contributed by atoms with van der Waals surface area (Å²) in [5.41, 5.74) is 0.954. The Bertz CT molecular complexity index is 536. The van der Waals surface area contributed by atoms with E-state index in [0.29, 0.717) is 13.1 Å². The maximum absolute atomic E-state index is 12.5. The molecule has 1 aliphatic heterocycles. The molecule has 1 saturated heterocycles. The number of rotatable bonds is 5. The third kappa shape index (κ3) is 4.61. The summed E-state index contributed by atoms with van der Waals surface area (Å²) in [5, 5.41) is 0. The smallest absolute Gasteiger partial charge is 0.410 e. The first-order valence-electron chi connectivity index (χ1n) is 7.85. The van der Waals surface area contributed by atoms with Crippen molar-refractivity contribution in [2.75, 3.05) is 19.0 Å². The molecule has 126 valence electrons. The van der Waals surface area contributed by atoms with Crippen molar-refractivity contribution in [1.29, 1.82) is 0 Å². The molecular weight excluding hydrogens is 316 g/mol. The molecule has 1 aromatic rings. The van der Waals surface area contributed by atoms with Crippen LogP contribution >= 0.6 is 11.6 Å². The second-order valence-corrected chi connectivity index (χ2v) is 6.22. The number of ether oxygens (including phenoxy) is 1. The highest BCUT2D eigenvalue weighted by molar-refractivity contribution is 6.27. The molecular formula is C17H23ClN2O3. The van der Waals surface area contributed by atoms with Crippen LogP contribution in [0.2, 0.25) is 0 Å². The van der Waals surface area contributed by atoms with Gasteiger partial charge in [-0.25, -0.2) is 4.79 Å². The Balaban J connectivity index is 1.95. The number of benzene rings is 1. The van der Waals surface area contributed by atoms with Gasteiger partial charge in [0.25, 0.3) is 0 Å². The Morgan fingerprint density at radius 3 is 2.65 bits per heavy atom. The second kappa shape index (κ2) is 8.20. The van der Waals surface area contributed by atoms with Gasteiger partial charge in [-0.1, -0.05) is 30.3 Å². The van der Waals surface area contributed by atoms with E-state index in [1.807, 2.05) is 44.2 Å². The lowest BCUT2D eigenvalue weighted by Crippen LogP contribution is -2.46. The van der Waals surface area contributed by atoms with Gasteiger partial charge in [-0.05, 0) is 25.8 Å². The summed E-state index contributed by atoms with van der Waals surface area (Å²) in [6, 6.07) is 9.57. The van der Waals surface area contributed by atoms with E-state index in [4.69, 9.17) is 16.3 Å². The molecule has 5 nitrogen and oxygen atoms in total. The number of nitrogens with zero attached hydrogens (tertiary/aromatic N) is 2. The van der Waals surface area contributed by atoms with Crippen molar-refractivity contribution in [2.24, 2.45) is 0 Å². The topological polar surface area (TPSA) is 49.9 Å². The van der Waals surface area contributed by atoms with Crippen LogP contribution < -0.4 is 0 Å². The summed E-state index contributed by atoms with van der Waals surface area (Å²) in [5.74, 6) is -0.108. The van der Waals surface area contributed by atoms with E-state index in [-0.39, 0.29) is 36.6 Å². The average molecular weight is 339 g/mol. The summed E-state index contributed by atoms with van der Waals surface area (Å²) in [6.07, 6.45) is 0.412. The third-order valence-electron chi connectivity index (χ3n) is 4.00. The van der Waals surface area contributed by atoms with Crippen LogP contribution in [-0.2, 0) is 16.1 Å². The molecule has 0 saturated carbocycles. The minimum Gasteiger partial charge on any atom is -0.445 e. The monoisotopic (exact) mass is 338 g/mol. The van der Waals surface area contributed by atoms with Crippen LogP contribution in [-0.4, -0.2) is 52.9 Å². The fraction of sp³-hybridized carbons (Fsp3) is 0.529. The Hall–Kier alpha value is -1.75. The molecule has 0 spiro atoms. The van der Waals surface area contributed by atoms with Crippen molar-refractivity contribution in [2.45, 2.75) is 39.0 Å². The molecule has 1 heterocycles. The molecule has 2 amide bonds. The Labute approximate surface area is 142 Å². The number of carbonyl (C=O) groups excluding carboxylic acids is 2. The number of amides is 2. The number of halogens is 1. The van der Waals surface area contributed by atoms with Gasteiger partial charge in [0.05, 0.1) is 6.04 Å². The SMILES string of the molecule is CC(C)N(C(=O)OCc1ccccc1)C1CCN(C(=O)CCl)C1. The van der Waals surface area contributed by atoms with Crippen molar-refractivity contribution < 1.29 is 14.3 Å². The lowest BCUT2D eigenvalue weighted by atomic mass is 10.2. The molecule has 1 atom stereocenters. The van der Waals surface area contributed by atoms with E-state index in [0.717, 1.165) is 12.0 Å². The van der Waals surface area contributed by atoms with Gasteiger partial charge in [0, 0.05) is 19.1 Å². The van der Waals surface area contributed by atoms with Gasteiger partial charge in [0.15, 0.2) is 0 Å². The molecule has 1 unspecified atom stereocenters. The molecule has 0 bridgehead atoms. The summed E-state index contributed by atoms with van der Waals surface area (Å²) >= 11 is 5.61. The zero-order chi connectivity index (χ0) is 16.8. The highest BCUT2D eigenvalue weighted by atomic mass is 35.5. The summed E-state index contributed by atoms with van der Waals surface area (Å²) < 4.78 is 5.44. The minimum absolute atomic E-state index is 0.00864. The highest BCUT2D eigenvalue weighted by Crippen LogP contribution is 2.20. The minimum atomic E-state index is -0.339. The van der Waals surface area contributed by atoms with Gasteiger partial charge in [-0.2, -0.15) is 0 Å². The van der Waals surface area contributed by atoms with Crippen molar-refractivity contribution in [3.63, 3.8) is 0 Å². The predicted molar refractivity (Wildman–Crippen MR) is 89.3 cm³/mol. The zero-order valence-corrected chi connectivity index (χ0v) is 14.3. The van der Waals surface area contributed by atoms with E-state index in [1.165, 1.54) is 0 Å². The zero-order valence-electron chi connectivity index (χ0n) is 13.6. The Morgan fingerprint density at radius 1 is 1.35 bits per heavy atom. The first kappa shape index (κ1) is 17.6. The number of hydrogen-bond donors (Lipinski definition) is 0. The maximum Gasteiger partial charge on any atom is 0.410 e. The number of likely N-dealkylation sites (tertiary alicyclic amines) is 1. The lowest BCUT2D eigenvalue weighted by Gasteiger charge is -2.31. The fourth-order valence-corrected chi connectivity index (χ4v) is 3.02. The van der Waals surface area contributed by atoms with Crippen molar-refractivity contribution in [1.82, 2.24) is 9.80 Å². The van der Waals surface area contributed by atoms with Crippen LogP contribution in [0, 0.1) is 0 Å². The molecule has 0 N–H and O–H groups in total. The molecule has 23 heavy (non-hydrogen) atoms. The molecule has 1 aromatic carbocycles. The van der Waals surface area contributed by atoms with Crippen LogP contribution in [0.3, 0.4) is 0 Å². The van der Waals surface area contributed by atoms with Crippen LogP contribution in [0.15, 0.2) is 30.3 Å². The van der Waals surface area contributed by atoms with E-state index in [2.05, 4.69) is 0 Å². The molecule has 0 aliphatic carbocycles. The average Bonchev–Trinajstić information content (AvgIpc) is 3.02. The van der Waals surface area contributed by atoms with Gasteiger partial charge < -0.3 is 14.5 Å². The van der Waals surface area contributed by atoms with E-state index < -0.39 is 0 Å². The van der Waals surface area contributed by atoms with E-state index in [9.17, 15) is 9.59 Å². The largest absolute Gasteiger partial charge is 0.445 e. The first-order valence-corrected chi connectivity index (χ1v) is 8.39. The van der Waals surface area contributed by atoms with Crippen LogP contribution in [0.25, 0.3) is 0 Å². The number of carbonyl (C=O) groups is 2. The van der Waals surface area contributed by atoms with Gasteiger partial charge in [-0.3, -0.25) is 4.79 Å². The Morgan fingerprint density at radius 2 is 2.04 bits per heavy atom. The van der Waals surface area contributed by atoms with Crippen molar-refractivity contribution >= 4 is 23.6 Å². The predicted octanol–water partition coefficient (Wildman–Crippen LogP) is 2.87. The maximum atomic E-state index is 12.5. The van der Waals surface area contributed by atoms with Gasteiger partial charge in [0.2, 0.25) is 5.91 Å². The first-order chi connectivity index (χ1) is 11.0. The van der Waals surface area contributed by atoms with Crippen molar-refractivity contribution in [3.8, 4) is 0 Å². The summed E-state index contributed by atoms with van der Waals surface area (Å²) in [7, 11) is 0. The van der Waals surface area contributed by atoms with Crippen LogP contribution in [0.4, 0.5) is 4.79 Å². The van der Waals surface area contributed by atoms with Crippen molar-refractivity contribution in [3.05, 3.63) is 35.9 Å². The number of hydrogen-bond acceptors (Lipinski definition) is 3. The molecule has 0 radical (unpaired) electrons. The molecule has 1 fully saturated rings. The van der Waals surface area contributed by atoms with Crippen LogP contribution in [0.5, 0.6) is 0 Å². The molecule has 1 aliphatic rings. The van der Waals surface area contributed by atoms with Crippen LogP contribution in [0.1, 0.15) is 25.8 Å². The number of alkyl halides is 1. The Kier molecular flexibility index (Phi) is 6.28.